The molecule has 1 aromatic carbocycles. The number of rotatable bonds is 4. The standard InChI is InChI=1S/C17H17F4N3OS/c1-9(25-2)15-23-13-8-22-6-5-11(13)16(24-15)26-14-4-3-10(18)7-12(14)17(19,20)21/h3-4,7,9,22H,5-6,8H2,1-2H3. The zero-order chi connectivity index (χ0) is 18.9. The highest BCUT2D eigenvalue weighted by Gasteiger charge is 2.34. The van der Waals surface area contributed by atoms with Crippen LogP contribution in [0.3, 0.4) is 0 Å². The molecule has 9 heteroatoms. The Hall–Kier alpha value is -1.71. The van der Waals surface area contributed by atoms with E-state index in [4.69, 9.17) is 4.74 Å². The average molecular weight is 387 g/mol. The molecule has 0 bridgehead atoms. The first kappa shape index (κ1) is 19.1. The van der Waals surface area contributed by atoms with Gasteiger partial charge >= 0.3 is 6.18 Å². The summed E-state index contributed by atoms with van der Waals surface area (Å²) < 4.78 is 58.5. The number of aromatic nitrogens is 2. The quantitative estimate of drug-likeness (QED) is 0.631. The van der Waals surface area contributed by atoms with Gasteiger partial charge in [-0.15, -0.1) is 0 Å². The molecule has 1 aromatic heterocycles. The summed E-state index contributed by atoms with van der Waals surface area (Å²) in [5.41, 5.74) is 0.562. The predicted molar refractivity (Wildman–Crippen MR) is 88.4 cm³/mol. The molecule has 3 rings (SSSR count). The van der Waals surface area contributed by atoms with Crippen molar-refractivity contribution >= 4 is 11.8 Å². The number of hydrogen-bond donors (Lipinski definition) is 1. The summed E-state index contributed by atoms with van der Waals surface area (Å²) >= 11 is 0.885. The smallest absolute Gasteiger partial charge is 0.374 e. The molecule has 0 saturated carbocycles. The summed E-state index contributed by atoms with van der Waals surface area (Å²) in [5.74, 6) is -0.516. The molecule has 0 aliphatic carbocycles. The number of nitrogens with one attached hydrogen (secondary N) is 1. The van der Waals surface area contributed by atoms with E-state index in [1.807, 2.05) is 0 Å². The van der Waals surface area contributed by atoms with Crippen molar-refractivity contribution in [2.75, 3.05) is 13.7 Å². The van der Waals surface area contributed by atoms with E-state index in [1.165, 1.54) is 7.11 Å². The summed E-state index contributed by atoms with van der Waals surface area (Å²) in [5, 5.41) is 3.64. The van der Waals surface area contributed by atoms with E-state index in [0.29, 0.717) is 36.4 Å². The number of benzene rings is 1. The fourth-order valence-corrected chi connectivity index (χ4v) is 3.74. The first-order valence-corrected chi connectivity index (χ1v) is 8.79. The van der Waals surface area contributed by atoms with E-state index in [1.54, 1.807) is 6.92 Å². The Balaban J connectivity index is 2.07. The highest BCUT2D eigenvalue weighted by atomic mass is 32.2. The molecular formula is C17H17F4N3OS. The first-order valence-electron chi connectivity index (χ1n) is 7.97. The minimum Gasteiger partial charge on any atom is -0.374 e. The van der Waals surface area contributed by atoms with Crippen LogP contribution in [-0.4, -0.2) is 23.6 Å². The third kappa shape index (κ3) is 3.99. The summed E-state index contributed by atoms with van der Waals surface area (Å²) in [7, 11) is 1.51. The molecule has 0 fully saturated rings. The van der Waals surface area contributed by atoms with Crippen molar-refractivity contribution in [2.45, 2.75) is 42.1 Å². The van der Waals surface area contributed by atoms with Gasteiger partial charge < -0.3 is 10.1 Å². The summed E-state index contributed by atoms with van der Waals surface area (Å²) in [6.07, 6.45) is -4.43. The van der Waals surface area contributed by atoms with Gasteiger partial charge in [0.2, 0.25) is 0 Å². The van der Waals surface area contributed by atoms with E-state index in [-0.39, 0.29) is 4.90 Å². The lowest BCUT2D eigenvalue weighted by Crippen LogP contribution is -2.26. The van der Waals surface area contributed by atoms with Crippen LogP contribution in [0.15, 0.2) is 28.1 Å². The Kier molecular flexibility index (Phi) is 5.50. The molecule has 2 heterocycles. The van der Waals surface area contributed by atoms with E-state index in [2.05, 4.69) is 15.3 Å². The first-order chi connectivity index (χ1) is 12.3. The molecule has 1 N–H and O–H groups in total. The molecule has 1 aliphatic heterocycles. The van der Waals surface area contributed by atoms with Crippen molar-refractivity contribution in [2.24, 2.45) is 0 Å². The van der Waals surface area contributed by atoms with Crippen molar-refractivity contribution in [3.05, 3.63) is 46.7 Å². The summed E-state index contributed by atoms with van der Waals surface area (Å²) in [6.45, 7) is 2.98. The normalized spacial score (nSPS) is 15.6. The molecule has 26 heavy (non-hydrogen) atoms. The van der Waals surface area contributed by atoms with Gasteiger partial charge in [0.25, 0.3) is 0 Å². The molecule has 1 aliphatic rings. The molecule has 140 valence electrons. The number of halogens is 4. The highest BCUT2D eigenvalue weighted by Crippen LogP contribution is 2.41. The minimum atomic E-state index is -4.65. The van der Waals surface area contributed by atoms with Crippen LogP contribution >= 0.6 is 11.8 Å². The molecule has 1 unspecified atom stereocenters. The van der Waals surface area contributed by atoms with Gasteiger partial charge in [0, 0.05) is 24.1 Å². The largest absolute Gasteiger partial charge is 0.417 e. The summed E-state index contributed by atoms with van der Waals surface area (Å²) in [6, 6.07) is 2.67. The predicted octanol–water partition coefficient (Wildman–Crippen LogP) is 4.14. The SMILES string of the molecule is COC(C)c1nc2c(c(Sc3ccc(F)cc3C(F)(F)F)n1)CCNC2. The molecule has 0 radical (unpaired) electrons. The highest BCUT2D eigenvalue weighted by molar-refractivity contribution is 7.99. The maximum absolute atomic E-state index is 13.3. The van der Waals surface area contributed by atoms with Crippen LogP contribution in [0.2, 0.25) is 0 Å². The van der Waals surface area contributed by atoms with Crippen LogP contribution in [0.4, 0.5) is 17.6 Å². The lowest BCUT2D eigenvalue weighted by Gasteiger charge is -2.21. The number of alkyl halides is 3. The Morgan fingerprint density at radius 2 is 2.04 bits per heavy atom. The molecule has 0 spiro atoms. The van der Waals surface area contributed by atoms with Crippen molar-refractivity contribution in [1.29, 1.82) is 0 Å². The van der Waals surface area contributed by atoms with Gasteiger partial charge in [0.05, 0.1) is 11.3 Å². The second-order valence-electron chi connectivity index (χ2n) is 5.86. The second kappa shape index (κ2) is 7.50. The molecule has 0 amide bonds. The molecule has 4 nitrogen and oxygen atoms in total. The van der Waals surface area contributed by atoms with Crippen LogP contribution in [-0.2, 0) is 23.9 Å². The fourth-order valence-electron chi connectivity index (χ4n) is 2.63. The number of nitrogens with zero attached hydrogens (tertiary/aromatic N) is 2. The molecule has 1 atom stereocenters. The van der Waals surface area contributed by atoms with Gasteiger partial charge in [-0.2, -0.15) is 13.2 Å². The Morgan fingerprint density at radius 1 is 1.27 bits per heavy atom. The van der Waals surface area contributed by atoms with Gasteiger partial charge in [-0.3, -0.25) is 0 Å². The van der Waals surface area contributed by atoms with Gasteiger partial charge in [-0.1, -0.05) is 11.8 Å². The van der Waals surface area contributed by atoms with Crippen LogP contribution < -0.4 is 5.32 Å². The fraction of sp³-hybridized carbons (Fsp3) is 0.412. The van der Waals surface area contributed by atoms with Crippen molar-refractivity contribution in [3.63, 3.8) is 0 Å². The lowest BCUT2D eigenvalue weighted by molar-refractivity contribution is -0.139. The average Bonchev–Trinajstić information content (AvgIpc) is 2.61. The third-order valence-corrected chi connectivity index (χ3v) is 5.19. The number of hydrogen-bond acceptors (Lipinski definition) is 5. The molecule has 0 saturated heterocycles. The maximum Gasteiger partial charge on any atom is 0.417 e. The molecule has 2 aromatic rings. The zero-order valence-corrected chi connectivity index (χ0v) is 15.0. The molecular weight excluding hydrogens is 370 g/mol. The van der Waals surface area contributed by atoms with Gasteiger partial charge in [-0.25, -0.2) is 14.4 Å². The maximum atomic E-state index is 13.3. The Bertz CT molecular complexity index is 813. The Labute approximate surface area is 152 Å². The minimum absolute atomic E-state index is 0.0886. The van der Waals surface area contributed by atoms with Crippen LogP contribution in [0.5, 0.6) is 0 Å². The van der Waals surface area contributed by atoms with Crippen molar-refractivity contribution in [3.8, 4) is 0 Å². The van der Waals surface area contributed by atoms with Crippen molar-refractivity contribution < 1.29 is 22.3 Å². The van der Waals surface area contributed by atoms with Crippen LogP contribution in [0, 0.1) is 5.82 Å². The van der Waals surface area contributed by atoms with E-state index >= 15 is 0 Å². The third-order valence-electron chi connectivity index (χ3n) is 4.09. The number of ether oxygens (including phenoxy) is 1. The van der Waals surface area contributed by atoms with E-state index < -0.39 is 23.7 Å². The van der Waals surface area contributed by atoms with Gasteiger partial charge in [-0.05, 0) is 38.1 Å². The van der Waals surface area contributed by atoms with E-state index in [9.17, 15) is 17.6 Å². The number of fused-ring (bicyclic) bond motifs is 1. The van der Waals surface area contributed by atoms with Gasteiger partial charge in [0.1, 0.15) is 16.9 Å². The summed E-state index contributed by atoms with van der Waals surface area (Å²) in [4.78, 5) is 8.82. The van der Waals surface area contributed by atoms with Gasteiger partial charge in [0.15, 0.2) is 5.82 Å². The lowest BCUT2D eigenvalue weighted by atomic mass is 10.1. The van der Waals surface area contributed by atoms with Crippen LogP contribution in [0.1, 0.15) is 35.7 Å². The zero-order valence-electron chi connectivity index (χ0n) is 14.2. The van der Waals surface area contributed by atoms with Crippen molar-refractivity contribution in [1.82, 2.24) is 15.3 Å². The number of methoxy groups -OCH3 is 1. The van der Waals surface area contributed by atoms with E-state index in [0.717, 1.165) is 35.2 Å². The monoisotopic (exact) mass is 387 g/mol. The van der Waals surface area contributed by atoms with Crippen LogP contribution in [0.25, 0.3) is 0 Å². The second-order valence-corrected chi connectivity index (χ2v) is 6.89. The topological polar surface area (TPSA) is 47.0 Å². The Morgan fingerprint density at radius 3 is 2.73 bits per heavy atom.